The first-order chi connectivity index (χ1) is 14.5. The normalized spacial score (nSPS) is 10.8. The van der Waals surface area contributed by atoms with Crippen molar-refractivity contribution in [2.75, 3.05) is 12.4 Å². The van der Waals surface area contributed by atoms with Gasteiger partial charge in [0, 0.05) is 11.6 Å². The van der Waals surface area contributed by atoms with Gasteiger partial charge in [0.15, 0.2) is 11.5 Å². The molecule has 0 saturated carbocycles. The summed E-state index contributed by atoms with van der Waals surface area (Å²) in [4.78, 5) is 12.7. The van der Waals surface area contributed by atoms with Crippen LogP contribution in [0.2, 0.25) is 0 Å². The molecular formula is C23H22N4O3. The maximum Gasteiger partial charge on any atom is 0.277 e. The van der Waals surface area contributed by atoms with Crippen molar-refractivity contribution in [3.05, 3.63) is 83.3 Å². The summed E-state index contributed by atoms with van der Waals surface area (Å²) < 4.78 is 12.5. The number of methoxy groups -OCH3 is 1. The fourth-order valence-electron chi connectivity index (χ4n) is 3.27. The minimum Gasteiger partial charge on any atom is -0.497 e. The van der Waals surface area contributed by atoms with Gasteiger partial charge in [-0.05, 0) is 31.5 Å². The number of anilines is 1. The monoisotopic (exact) mass is 402 g/mol. The number of benzene rings is 2. The summed E-state index contributed by atoms with van der Waals surface area (Å²) in [6.07, 6.45) is 0. The van der Waals surface area contributed by atoms with Gasteiger partial charge in [0.2, 0.25) is 0 Å². The zero-order valence-corrected chi connectivity index (χ0v) is 17.0. The first-order valence-corrected chi connectivity index (χ1v) is 9.55. The molecule has 4 rings (SSSR count). The first-order valence-electron chi connectivity index (χ1n) is 9.55. The van der Waals surface area contributed by atoms with Gasteiger partial charge in [0.05, 0.1) is 30.7 Å². The van der Waals surface area contributed by atoms with Gasteiger partial charge in [0.1, 0.15) is 5.75 Å². The Morgan fingerprint density at radius 3 is 2.67 bits per heavy atom. The maximum atomic E-state index is 12.7. The predicted molar refractivity (Wildman–Crippen MR) is 114 cm³/mol. The summed E-state index contributed by atoms with van der Waals surface area (Å²) in [5, 5.41) is 11.4. The van der Waals surface area contributed by atoms with Gasteiger partial charge in [0.25, 0.3) is 5.91 Å². The number of nitrogens with zero attached hydrogens (tertiary/aromatic N) is 3. The van der Waals surface area contributed by atoms with Crippen molar-refractivity contribution < 1.29 is 14.1 Å². The average molecular weight is 402 g/mol. The molecule has 0 fully saturated rings. The Hall–Kier alpha value is -3.87. The molecule has 30 heavy (non-hydrogen) atoms. The van der Waals surface area contributed by atoms with E-state index in [0.717, 1.165) is 28.3 Å². The van der Waals surface area contributed by atoms with Gasteiger partial charge >= 0.3 is 0 Å². The smallest absolute Gasteiger partial charge is 0.277 e. The second kappa shape index (κ2) is 8.24. The quantitative estimate of drug-likeness (QED) is 0.515. The topological polar surface area (TPSA) is 82.2 Å². The predicted octanol–water partition coefficient (Wildman–Crippen LogP) is 4.46. The number of carbonyl (C=O) groups excluding carboxylic acids is 1. The Balaban J connectivity index is 1.52. The van der Waals surface area contributed by atoms with Crippen LogP contribution < -0.4 is 10.1 Å². The van der Waals surface area contributed by atoms with E-state index >= 15 is 0 Å². The lowest BCUT2D eigenvalue weighted by Crippen LogP contribution is -2.13. The lowest BCUT2D eigenvalue weighted by molar-refractivity contribution is 0.101. The molecule has 2 aromatic carbocycles. The molecule has 0 spiro atoms. The van der Waals surface area contributed by atoms with E-state index in [1.165, 1.54) is 0 Å². The molecule has 0 saturated heterocycles. The number of nitrogens with one attached hydrogen (secondary N) is 1. The molecule has 2 heterocycles. The lowest BCUT2D eigenvalue weighted by atomic mass is 10.1. The lowest BCUT2D eigenvalue weighted by Gasteiger charge is -2.07. The molecular weight excluding hydrogens is 380 g/mol. The highest BCUT2D eigenvalue weighted by Gasteiger charge is 2.19. The third-order valence-electron chi connectivity index (χ3n) is 4.89. The summed E-state index contributed by atoms with van der Waals surface area (Å²) in [7, 11) is 1.64. The number of amides is 1. The summed E-state index contributed by atoms with van der Waals surface area (Å²) in [6.45, 7) is 4.36. The molecule has 7 nitrogen and oxygen atoms in total. The van der Waals surface area contributed by atoms with Crippen LogP contribution in [-0.2, 0) is 6.54 Å². The van der Waals surface area contributed by atoms with Crippen LogP contribution in [0.4, 0.5) is 5.69 Å². The average Bonchev–Trinajstić information content (AvgIpc) is 3.36. The van der Waals surface area contributed by atoms with Gasteiger partial charge in [-0.25, -0.2) is 0 Å². The van der Waals surface area contributed by atoms with Crippen LogP contribution >= 0.6 is 0 Å². The van der Waals surface area contributed by atoms with Crippen molar-refractivity contribution in [2.45, 2.75) is 20.4 Å². The largest absolute Gasteiger partial charge is 0.497 e. The zero-order chi connectivity index (χ0) is 21.1. The molecule has 1 N–H and O–H groups in total. The second-order valence-electron chi connectivity index (χ2n) is 6.95. The molecule has 0 radical (unpaired) electrons. The first kappa shape index (κ1) is 19.4. The number of hydrogen-bond donors (Lipinski definition) is 1. The van der Waals surface area contributed by atoms with E-state index in [9.17, 15) is 4.79 Å². The summed E-state index contributed by atoms with van der Waals surface area (Å²) in [5.41, 5.74) is 4.40. The minimum absolute atomic E-state index is 0.216. The van der Waals surface area contributed by atoms with E-state index in [0.29, 0.717) is 18.0 Å². The van der Waals surface area contributed by atoms with Gasteiger partial charge in [-0.1, -0.05) is 47.6 Å². The fraction of sp³-hybridized carbons (Fsp3) is 0.174. The van der Waals surface area contributed by atoms with Crippen LogP contribution in [0.25, 0.3) is 11.3 Å². The van der Waals surface area contributed by atoms with Crippen LogP contribution in [0.15, 0.2) is 65.2 Å². The van der Waals surface area contributed by atoms with E-state index in [4.69, 9.17) is 9.26 Å². The van der Waals surface area contributed by atoms with Crippen molar-refractivity contribution in [3.63, 3.8) is 0 Å². The highest BCUT2D eigenvalue weighted by molar-refractivity contribution is 6.03. The summed E-state index contributed by atoms with van der Waals surface area (Å²) in [6, 6.07) is 19.0. The van der Waals surface area contributed by atoms with E-state index in [1.54, 1.807) is 13.2 Å². The zero-order valence-electron chi connectivity index (χ0n) is 17.0. The van der Waals surface area contributed by atoms with E-state index in [1.807, 2.05) is 73.1 Å². The Morgan fingerprint density at radius 2 is 1.90 bits per heavy atom. The van der Waals surface area contributed by atoms with Crippen molar-refractivity contribution in [3.8, 4) is 17.1 Å². The van der Waals surface area contributed by atoms with Gasteiger partial charge in [-0.3, -0.25) is 9.48 Å². The second-order valence-corrected chi connectivity index (χ2v) is 6.95. The molecule has 0 aliphatic carbocycles. The third kappa shape index (κ3) is 3.96. The van der Waals surface area contributed by atoms with Crippen molar-refractivity contribution in [2.24, 2.45) is 0 Å². The number of rotatable bonds is 6. The number of hydrogen-bond acceptors (Lipinski definition) is 5. The molecule has 7 heteroatoms. The van der Waals surface area contributed by atoms with Crippen molar-refractivity contribution >= 4 is 11.6 Å². The van der Waals surface area contributed by atoms with Gasteiger partial charge < -0.3 is 14.6 Å². The van der Waals surface area contributed by atoms with Crippen LogP contribution in [0, 0.1) is 13.8 Å². The fourth-order valence-corrected chi connectivity index (χ4v) is 3.27. The molecule has 0 bridgehead atoms. The minimum atomic E-state index is -0.340. The van der Waals surface area contributed by atoms with Gasteiger partial charge in [-0.15, -0.1) is 0 Å². The molecule has 1 amide bonds. The summed E-state index contributed by atoms with van der Waals surface area (Å²) >= 11 is 0. The van der Waals surface area contributed by atoms with E-state index < -0.39 is 0 Å². The van der Waals surface area contributed by atoms with E-state index in [2.05, 4.69) is 15.6 Å². The van der Waals surface area contributed by atoms with Crippen LogP contribution in [0.3, 0.4) is 0 Å². The molecule has 4 aromatic rings. The number of aromatic nitrogens is 3. The van der Waals surface area contributed by atoms with Crippen LogP contribution in [-0.4, -0.2) is 28.0 Å². The molecule has 0 aliphatic rings. The van der Waals surface area contributed by atoms with Crippen LogP contribution in [0.1, 0.15) is 27.4 Å². The van der Waals surface area contributed by atoms with Crippen LogP contribution in [0.5, 0.6) is 5.75 Å². The Morgan fingerprint density at radius 1 is 1.10 bits per heavy atom. The highest BCUT2D eigenvalue weighted by Crippen LogP contribution is 2.24. The molecule has 152 valence electrons. The highest BCUT2D eigenvalue weighted by atomic mass is 16.5. The number of aryl methyl sites for hydroxylation is 1. The standard InChI is InChI=1S/C23H22N4O3/c1-15-22(16(2)27(25-15)14-17-8-7-11-19(12-17)29-3)24-23(28)20-13-21(30-26-20)18-9-5-4-6-10-18/h4-13H,14H2,1-3H3,(H,24,28). The number of carbonyl (C=O) groups is 1. The Kier molecular flexibility index (Phi) is 5.34. The van der Waals surface area contributed by atoms with Gasteiger partial charge in [-0.2, -0.15) is 5.10 Å². The molecule has 0 atom stereocenters. The SMILES string of the molecule is COc1cccc(Cn2nc(C)c(NC(=O)c3cc(-c4ccccc4)on3)c2C)c1. The Labute approximate surface area is 174 Å². The van der Waals surface area contributed by atoms with Crippen molar-refractivity contribution in [1.82, 2.24) is 14.9 Å². The number of ether oxygens (including phenoxy) is 1. The van der Waals surface area contributed by atoms with Crippen molar-refractivity contribution in [1.29, 1.82) is 0 Å². The third-order valence-corrected chi connectivity index (χ3v) is 4.89. The molecule has 2 aromatic heterocycles. The molecule has 0 unspecified atom stereocenters. The maximum absolute atomic E-state index is 12.7. The van der Waals surface area contributed by atoms with E-state index in [-0.39, 0.29) is 11.6 Å². The Bertz CT molecular complexity index is 1180. The molecule has 0 aliphatic heterocycles. The summed E-state index contributed by atoms with van der Waals surface area (Å²) in [5.74, 6) is 0.999.